The van der Waals surface area contributed by atoms with Crippen LogP contribution in [-0.2, 0) is 4.74 Å². The largest absolute Gasteiger partial charge is 0.462 e. The van der Waals surface area contributed by atoms with Crippen molar-refractivity contribution in [2.45, 2.75) is 6.92 Å². The lowest BCUT2D eigenvalue weighted by atomic mass is 9.95. The quantitative estimate of drug-likeness (QED) is 0.401. The number of halogens is 1. The Hall–Kier alpha value is -4.06. The van der Waals surface area contributed by atoms with E-state index in [4.69, 9.17) is 4.74 Å². The number of nitrogens with one attached hydrogen (secondary N) is 1. The van der Waals surface area contributed by atoms with Gasteiger partial charge in [-0.05, 0) is 36.8 Å². The van der Waals surface area contributed by atoms with Crippen molar-refractivity contribution >= 4 is 17.5 Å². The van der Waals surface area contributed by atoms with Crippen molar-refractivity contribution in [1.29, 1.82) is 0 Å². The average molecular weight is 413 g/mol. The molecule has 0 spiro atoms. The summed E-state index contributed by atoms with van der Waals surface area (Å²) in [5.74, 6) is -0.631. The van der Waals surface area contributed by atoms with E-state index in [1.807, 2.05) is 60.7 Å². The number of carbonyl (C=O) groups excluding carboxylic acids is 1. The molecule has 1 aromatic heterocycles. The molecule has 31 heavy (non-hydrogen) atoms. The van der Waals surface area contributed by atoms with Crippen molar-refractivity contribution < 1.29 is 13.9 Å². The highest BCUT2D eigenvalue weighted by atomic mass is 19.1. The lowest BCUT2D eigenvalue weighted by Crippen LogP contribution is -2.13. The lowest BCUT2D eigenvalue weighted by Gasteiger charge is -2.17. The predicted molar refractivity (Wildman–Crippen MR) is 119 cm³/mol. The molecular weight excluding hydrogens is 393 g/mol. The molecule has 0 unspecified atom stereocenters. The van der Waals surface area contributed by atoms with Crippen LogP contribution in [0.1, 0.15) is 17.3 Å². The van der Waals surface area contributed by atoms with Gasteiger partial charge in [0.2, 0.25) is 0 Å². The first kappa shape index (κ1) is 20.2. The van der Waals surface area contributed by atoms with E-state index in [2.05, 4.69) is 15.5 Å². The Bertz CT molecular complexity index is 1180. The fourth-order valence-corrected chi connectivity index (χ4v) is 3.28. The van der Waals surface area contributed by atoms with E-state index in [1.54, 1.807) is 19.1 Å². The van der Waals surface area contributed by atoms with Gasteiger partial charge in [-0.15, -0.1) is 10.2 Å². The smallest absolute Gasteiger partial charge is 0.342 e. The Morgan fingerprint density at radius 1 is 0.871 bits per heavy atom. The summed E-state index contributed by atoms with van der Waals surface area (Å²) in [5, 5.41) is 11.8. The molecule has 5 nitrogen and oxygen atoms in total. The molecule has 1 heterocycles. The van der Waals surface area contributed by atoms with Crippen LogP contribution in [0, 0.1) is 5.82 Å². The SMILES string of the molecule is CCOC(=O)c1c(Nc2ccc(F)cc2)nnc(-c2ccccc2)c1-c1ccccc1. The number of hydrogen-bond donors (Lipinski definition) is 1. The molecular formula is C25H20FN3O2. The second kappa shape index (κ2) is 9.17. The van der Waals surface area contributed by atoms with Gasteiger partial charge in [-0.1, -0.05) is 60.7 Å². The van der Waals surface area contributed by atoms with Gasteiger partial charge in [0.25, 0.3) is 0 Å². The zero-order valence-electron chi connectivity index (χ0n) is 16.9. The Kier molecular flexibility index (Phi) is 5.98. The minimum absolute atomic E-state index is 0.214. The van der Waals surface area contributed by atoms with Crippen LogP contribution in [0.25, 0.3) is 22.4 Å². The third kappa shape index (κ3) is 4.43. The molecule has 4 rings (SSSR count). The van der Waals surface area contributed by atoms with Gasteiger partial charge >= 0.3 is 5.97 Å². The van der Waals surface area contributed by atoms with Crippen LogP contribution in [0.2, 0.25) is 0 Å². The molecule has 0 aliphatic carbocycles. The molecule has 0 saturated heterocycles. The van der Waals surface area contributed by atoms with Crippen molar-refractivity contribution in [3.63, 3.8) is 0 Å². The number of ether oxygens (including phenoxy) is 1. The van der Waals surface area contributed by atoms with Crippen molar-refractivity contribution in [1.82, 2.24) is 10.2 Å². The minimum atomic E-state index is -0.516. The summed E-state index contributed by atoms with van der Waals surface area (Å²) < 4.78 is 18.7. The topological polar surface area (TPSA) is 64.1 Å². The minimum Gasteiger partial charge on any atom is -0.462 e. The molecule has 154 valence electrons. The molecule has 0 amide bonds. The van der Waals surface area contributed by atoms with Crippen LogP contribution in [0.3, 0.4) is 0 Å². The lowest BCUT2D eigenvalue weighted by molar-refractivity contribution is 0.0528. The fourth-order valence-electron chi connectivity index (χ4n) is 3.28. The molecule has 0 atom stereocenters. The van der Waals surface area contributed by atoms with E-state index in [9.17, 15) is 9.18 Å². The molecule has 0 bridgehead atoms. The van der Waals surface area contributed by atoms with Crippen molar-refractivity contribution in [3.8, 4) is 22.4 Å². The normalized spacial score (nSPS) is 10.5. The third-order valence-electron chi connectivity index (χ3n) is 4.67. The van der Waals surface area contributed by atoms with E-state index in [1.165, 1.54) is 12.1 Å². The third-order valence-corrected chi connectivity index (χ3v) is 4.67. The average Bonchev–Trinajstić information content (AvgIpc) is 2.81. The number of esters is 1. The highest BCUT2D eigenvalue weighted by molar-refractivity contribution is 6.05. The Morgan fingerprint density at radius 2 is 1.48 bits per heavy atom. The number of benzene rings is 3. The van der Waals surface area contributed by atoms with Crippen LogP contribution >= 0.6 is 0 Å². The second-order valence-corrected chi connectivity index (χ2v) is 6.73. The van der Waals surface area contributed by atoms with Crippen molar-refractivity contribution in [2.24, 2.45) is 0 Å². The Labute approximate surface area is 179 Å². The number of nitrogens with zero attached hydrogens (tertiary/aromatic N) is 2. The Morgan fingerprint density at radius 3 is 2.10 bits per heavy atom. The van der Waals surface area contributed by atoms with Crippen LogP contribution in [0.4, 0.5) is 15.9 Å². The van der Waals surface area contributed by atoms with Gasteiger partial charge in [0.05, 0.1) is 6.61 Å². The van der Waals surface area contributed by atoms with Gasteiger partial charge < -0.3 is 10.1 Å². The molecule has 4 aromatic rings. The number of rotatable bonds is 6. The number of aromatic nitrogens is 2. The van der Waals surface area contributed by atoms with Gasteiger partial charge in [-0.2, -0.15) is 0 Å². The summed E-state index contributed by atoms with van der Waals surface area (Å²) in [4.78, 5) is 13.1. The molecule has 6 heteroatoms. The monoisotopic (exact) mass is 413 g/mol. The highest BCUT2D eigenvalue weighted by Crippen LogP contribution is 2.37. The van der Waals surface area contributed by atoms with E-state index in [0.717, 1.165) is 11.1 Å². The molecule has 1 N–H and O–H groups in total. The van der Waals surface area contributed by atoms with E-state index >= 15 is 0 Å². The van der Waals surface area contributed by atoms with Crippen molar-refractivity contribution in [3.05, 3.63) is 96.3 Å². The van der Waals surface area contributed by atoms with E-state index in [0.29, 0.717) is 16.9 Å². The number of anilines is 2. The maximum absolute atomic E-state index is 13.3. The molecule has 0 fully saturated rings. The summed E-state index contributed by atoms with van der Waals surface area (Å²) in [6.07, 6.45) is 0. The van der Waals surface area contributed by atoms with E-state index < -0.39 is 5.97 Å². The number of hydrogen-bond acceptors (Lipinski definition) is 5. The summed E-state index contributed by atoms with van der Waals surface area (Å²) in [7, 11) is 0. The molecule has 0 saturated carbocycles. The maximum Gasteiger partial charge on any atom is 0.342 e. The van der Waals surface area contributed by atoms with Crippen LogP contribution < -0.4 is 5.32 Å². The van der Waals surface area contributed by atoms with Gasteiger partial charge in [0.1, 0.15) is 17.1 Å². The zero-order chi connectivity index (χ0) is 21.6. The second-order valence-electron chi connectivity index (χ2n) is 6.73. The summed E-state index contributed by atoms with van der Waals surface area (Å²) in [5.41, 5.74) is 3.66. The van der Waals surface area contributed by atoms with Crippen LogP contribution in [-0.4, -0.2) is 22.8 Å². The van der Waals surface area contributed by atoms with E-state index in [-0.39, 0.29) is 23.8 Å². The first-order chi connectivity index (χ1) is 15.2. The summed E-state index contributed by atoms with van der Waals surface area (Å²) in [6.45, 7) is 1.96. The maximum atomic E-state index is 13.3. The van der Waals surface area contributed by atoms with Crippen LogP contribution in [0.15, 0.2) is 84.9 Å². The first-order valence-corrected chi connectivity index (χ1v) is 9.88. The summed E-state index contributed by atoms with van der Waals surface area (Å²) >= 11 is 0. The van der Waals surface area contributed by atoms with Crippen molar-refractivity contribution in [2.75, 3.05) is 11.9 Å². The standard InChI is InChI=1S/C25H20FN3O2/c1-2-31-25(30)22-21(17-9-5-3-6-10-17)23(18-11-7-4-8-12-18)28-29-24(22)27-20-15-13-19(26)14-16-20/h3-16H,2H2,1H3,(H,27,29). The molecule has 0 aliphatic heterocycles. The van der Waals surface area contributed by atoms with Gasteiger partial charge in [0, 0.05) is 16.8 Å². The number of carbonyl (C=O) groups is 1. The fraction of sp³-hybridized carbons (Fsp3) is 0.0800. The predicted octanol–water partition coefficient (Wildman–Crippen LogP) is 5.87. The van der Waals surface area contributed by atoms with Gasteiger partial charge in [-0.25, -0.2) is 9.18 Å². The molecule has 0 aliphatic rings. The summed E-state index contributed by atoms with van der Waals surface area (Å²) in [6, 6.07) is 24.9. The van der Waals surface area contributed by atoms with Crippen LogP contribution in [0.5, 0.6) is 0 Å². The van der Waals surface area contributed by atoms with Gasteiger partial charge in [-0.3, -0.25) is 0 Å². The molecule has 0 radical (unpaired) electrons. The Balaban J connectivity index is 1.96. The highest BCUT2D eigenvalue weighted by Gasteiger charge is 2.25. The zero-order valence-corrected chi connectivity index (χ0v) is 16.9. The first-order valence-electron chi connectivity index (χ1n) is 9.88. The van der Waals surface area contributed by atoms with Gasteiger partial charge in [0.15, 0.2) is 5.82 Å². The molecule has 3 aromatic carbocycles.